The molecule has 2 rings (SSSR count). The summed E-state index contributed by atoms with van der Waals surface area (Å²) in [6.45, 7) is 0. The highest BCUT2D eigenvalue weighted by atomic mass is 35.5. The number of nitrogens with two attached hydrogens (primary N) is 1. The first-order valence-electron chi connectivity index (χ1n) is 6.87. The fourth-order valence-corrected chi connectivity index (χ4v) is 2.83. The van der Waals surface area contributed by atoms with Crippen LogP contribution in [-0.4, -0.2) is 34.9 Å². The van der Waals surface area contributed by atoms with E-state index in [9.17, 15) is 14.9 Å². The molecule has 0 unspecified atom stereocenters. The smallest absolute Gasteiger partial charge is 0.270 e. The molecule has 1 aromatic carbocycles. The van der Waals surface area contributed by atoms with Crippen LogP contribution in [0.1, 0.15) is 36.0 Å². The summed E-state index contributed by atoms with van der Waals surface area (Å²) in [7, 11) is 1.71. The predicted octanol–water partition coefficient (Wildman–Crippen LogP) is 2.59. The molecule has 21 heavy (non-hydrogen) atoms. The Bertz CT molecular complexity index is 556. The van der Waals surface area contributed by atoms with Gasteiger partial charge in [-0.25, -0.2) is 0 Å². The van der Waals surface area contributed by atoms with Crippen LogP contribution in [0.15, 0.2) is 18.2 Å². The minimum absolute atomic E-state index is 0.104. The molecule has 0 aliphatic heterocycles. The number of nitrogens with zero attached hydrogens (tertiary/aromatic N) is 2. The van der Waals surface area contributed by atoms with Gasteiger partial charge in [0.1, 0.15) is 0 Å². The van der Waals surface area contributed by atoms with E-state index in [0.29, 0.717) is 0 Å². The standard InChI is InChI=1S/C14H18ClN3O3/c1-17(10-4-2-9(16)3-5-10)14(19)12-8-11(18(20)21)6-7-13(12)15/h6-10H,2-5,16H2,1H3. The van der Waals surface area contributed by atoms with Crippen LogP contribution in [0.2, 0.25) is 5.02 Å². The summed E-state index contributed by atoms with van der Waals surface area (Å²) in [5.41, 5.74) is 5.89. The zero-order valence-corrected chi connectivity index (χ0v) is 12.5. The monoisotopic (exact) mass is 311 g/mol. The Kier molecular flexibility index (Phi) is 4.80. The van der Waals surface area contributed by atoms with Gasteiger partial charge in [0.2, 0.25) is 0 Å². The summed E-state index contributed by atoms with van der Waals surface area (Å²) >= 11 is 6.01. The zero-order chi connectivity index (χ0) is 15.6. The summed E-state index contributed by atoms with van der Waals surface area (Å²) < 4.78 is 0. The molecule has 0 bridgehead atoms. The van der Waals surface area contributed by atoms with Crippen molar-refractivity contribution in [3.8, 4) is 0 Å². The highest BCUT2D eigenvalue weighted by Gasteiger charge is 2.27. The van der Waals surface area contributed by atoms with Crippen LogP contribution in [0.3, 0.4) is 0 Å². The minimum atomic E-state index is -0.535. The van der Waals surface area contributed by atoms with Gasteiger partial charge in [-0.2, -0.15) is 0 Å². The van der Waals surface area contributed by atoms with Crippen molar-refractivity contribution in [1.29, 1.82) is 0 Å². The molecule has 0 atom stereocenters. The molecule has 114 valence electrons. The van der Waals surface area contributed by atoms with Crippen molar-refractivity contribution in [2.45, 2.75) is 37.8 Å². The van der Waals surface area contributed by atoms with Crippen molar-refractivity contribution in [3.63, 3.8) is 0 Å². The second-order valence-electron chi connectivity index (χ2n) is 5.41. The molecule has 1 saturated carbocycles. The van der Waals surface area contributed by atoms with Gasteiger partial charge in [-0.1, -0.05) is 11.6 Å². The molecule has 7 heteroatoms. The SMILES string of the molecule is CN(C(=O)c1cc([N+](=O)[O-])ccc1Cl)C1CCC(N)CC1. The lowest BCUT2D eigenvalue weighted by Crippen LogP contribution is -2.41. The van der Waals surface area contributed by atoms with E-state index >= 15 is 0 Å². The molecular weight excluding hydrogens is 294 g/mol. The maximum absolute atomic E-state index is 12.5. The largest absolute Gasteiger partial charge is 0.339 e. The van der Waals surface area contributed by atoms with Crippen LogP contribution >= 0.6 is 11.6 Å². The van der Waals surface area contributed by atoms with Crippen LogP contribution in [0, 0.1) is 10.1 Å². The molecule has 0 radical (unpaired) electrons. The second kappa shape index (κ2) is 6.41. The topological polar surface area (TPSA) is 89.5 Å². The first-order chi connectivity index (χ1) is 9.90. The van der Waals surface area contributed by atoms with Crippen molar-refractivity contribution < 1.29 is 9.72 Å². The van der Waals surface area contributed by atoms with Crippen LogP contribution in [0.5, 0.6) is 0 Å². The lowest BCUT2D eigenvalue weighted by Gasteiger charge is -2.33. The average Bonchev–Trinajstić information content (AvgIpc) is 2.47. The number of carbonyl (C=O) groups is 1. The summed E-state index contributed by atoms with van der Waals surface area (Å²) in [6, 6.07) is 4.21. The van der Waals surface area contributed by atoms with Crippen molar-refractivity contribution in [3.05, 3.63) is 38.9 Å². The molecule has 1 aliphatic rings. The molecule has 0 aromatic heterocycles. The van der Waals surface area contributed by atoms with Gasteiger partial charge in [0, 0.05) is 31.3 Å². The lowest BCUT2D eigenvalue weighted by atomic mass is 9.90. The molecule has 0 spiro atoms. The highest BCUT2D eigenvalue weighted by molar-refractivity contribution is 6.33. The number of non-ortho nitro benzene ring substituents is 1. The van der Waals surface area contributed by atoms with E-state index in [-0.39, 0.29) is 34.3 Å². The third-order valence-electron chi connectivity index (χ3n) is 4.00. The molecule has 1 amide bonds. The molecular formula is C14H18ClN3O3. The van der Waals surface area contributed by atoms with Crippen LogP contribution in [-0.2, 0) is 0 Å². The fourth-order valence-electron chi connectivity index (χ4n) is 2.64. The van der Waals surface area contributed by atoms with E-state index in [1.807, 2.05) is 0 Å². The molecule has 1 fully saturated rings. The van der Waals surface area contributed by atoms with E-state index < -0.39 is 4.92 Å². The molecule has 0 saturated heterocycles. The Morgan fingerprint density at radius 2 is 2.00 bits per heavy atom. The maximum atomic E-state index is 12.5. The highest BCUT2D eigenvalue weighted by Crippen LogP contribution is 2.26. The molecule has 2 N–H and O–H groups in total. The minimum Gasteiger partial charge on any atom is -0.339 e. The van der Waals surface area contributed by atoms with Crippen molar-refractivity contribution in [1.82, 2.24) is 4.90 Å². The van der Waals surface area contributed by atoms with E-state index in [2.05, 4.69) is 0 Å². The first-order valence-corrected chi connectivity index (χ1v) is 7.24. The Morgan fingerprint density at radius 3 is 2.57 bits per heavy atom. The number of hydrogen-bond acceptors (Lipinski definition) is 4. The first kappa shape index (κ1) is 15.7. The normalized spacial score (nSPS) is 21.9. The molecule has 1 aliphatic carbocycles. The molecule has 0 heterocycles. The fraction of sp³-hybridized carbons (Fsp3) is 0.500. The number of hydrogen-bond donors (Lipinski definition) is 1. The van der Waals surface area contributed by atoms with Gasteiger partial charge in [-0.05, 0) is 31.7 Å². The average molecular weight is 312 g/mol. The van der Waals surface area contributed by atoms with Crippen LogP contribution in [0.25, 0.3) is 0 Å². The van der Waals surface area contributed by atoms with E-state index in [4.69, 9.17) is 17.3 Å². The third kappa shape index (κ3) is 3.51. The maximum Gasteiger partial charge on any atom is 0.270 e. The van der Waals surface area contributed by atoms with E-state index in [0.717, 1.165) is 25.7 Å². The summed E-state index contributed by atoms with van der Waals surface area (Å²) in [5, 5.41) is 11.0. The quantitative estimate of drug-likeness (QED) is 0.686. The van der Waals surface area contributed by atoms with Crippen molar-refractivity contribution in [2.75, 3.05) is 7.05 Å². The van der Waals surface area contributed by atoms with Gasteiger partial charge in [0.15, 0.2) is 0 Å². The number of carbonyl (C=O) groups excluding carboxylic acids is 1. The summed E-state index contributed by atoms with van der Waals surface area (Å²) in [4.78, 5) is 24.4. The number of halogens is 1. The van der Waals surface area contributed by atoms with Gasteiger partial charge >= 0.3 is 0 Å². The van der Waals surface area contributed by atoms with E-state index in [1.165, 1.54) is 18.2 Å². The van der Waals surface area contributed by atoms with Gasteiger partial charge < -0.3 is 10.6 Å². The third-order valence-corrected chi connectivity index (χ3v) is 4.33. The Labute approximate surface area is 128 Å². The summed E-state index contributed by atoms with van der Waals surface area (Å²) in [6.07, 6.45) is 3.45. The van der Waals surface area contributed by atoms with Crippen molar-refractivity contribution in [2.24, 2.45) is 5.73 Å². The Hall–Kier alpha value is -1.66. The number of rotatable bonds is 3. The van der Waals surface area contributed by atoms with Gasteiger partial charge in [0.05, 0.1) is 15.5 Å². The Morgan fingerprint density at radius 1 is 1.38 bits per heavy atom. The molecule has 6 nitrogen and oxygen atoms in total. The van der Waals surface area contributed by atoms with E-state index in [1.54, 1.807) is 11.9 Å². The van der Waals surface area contributed by atoms with Gasteiger partial charge in [-0.3, -0.25) is 14.9 Å². The predicted molar refractivity (Wildman–Crippen MR) is 80.4 cm³/mol. The van der Waals surface area contributed by atoms with Gasteiger partial charge in [0.25, 0.3) is 11.6 Å². The zero-order valence-electron chi connectivity index (χ0n) is 11.8. The molecule has 1 aromatic rings. The Balaban J connectivity index is 2.19. The lowest BCUT2D eigenvalue weighted by molar-refractivity contribution is -0.384. The number of benzene rings is 1. The second-order valence-corrected chi connectivity index (χ2v) is 5.81. The van der Waals surface area contributed by atoms with Crippen LogP contribution in [0.4, 0.5) is 5.69 Å². The van der Waals surface area contributed by atoms with Crippen molar-refractivity contribution >= 4 is 23.2 Å². The van der Waals surface area contributed by atoms with Crippen LogP contribution < -0.4 is 5.73 Å². The number of amides is 1. The van der Waals surface area contributed by atoms with Gasteiger partial charge in [-0.15, -0.1) is 0 Å². The summed E-state index contributed by atoms with van der Waals surface area (Å²) in [5.74, 6) is -0.288. The number of nitro benzene ring substituents is 1. The number of nitro groups is 1.